The molecule has 0 saturated heterocycles. The lowest BCUT2D eigenvalue weighted by molar-refractivity contribution is 0.254. The third-order valence-corrected chi connectivity index (χ3v) is 4.66. The standard InChI is InChI=1S/C11H16ClNO3S/c1-3-9(7-14)13-17(15,16)10-6-4-5-8(2)11(10)12/h4-6,9,13-14H,3,7H2,1-2H3. The minimum atomic E-state index is -3.68. The van der Waals surface area contributed by atoms with E-state index < -0.39 is 16.1 Å². The van der Waals surface area contributed by atoms with Gasteiger partial charge in [-0.25, -0.2) is 13.1 Å². The van der Waals surface area contributed by atoms with E-state index in [0.717, 1.165) is 0 Å². The molecule has 2 N–H and O–H groups in total. The van der Waals surface area contributed by atoms with Crippen molar-refractivity contribution in [3.63, 3.8) is 0 Å². The predicted molar refractivity (Wildman–Crippen MR) is 67.7 cm³/mol. The van der Waals surface area contributed by atoms with Gasteiger partial charge >= 0.3 is 0 Å². The Morgan fingerprint density at radius 3 is 2.65 bits per heavy atom. The molecular weight excluding hydrogens is 262 g/mol. The Hall–Kier alpha value is -0.620. The molecule has 0 radical (unpaired) electrons. The van der Waals surface area contributed by atoms with Crippen molar-refractivity contribution in [1.29, 1.82) is 0 Å². The molecule has 0 bridgehead atoms. The quantitative estimate of drug-likeness (QED) is 0.861. The number of benzene rings is 1. The second-order valence-electron chi connectivity index (χ2n) is 3.80. The largest absolute Gasteiger partial charge is 0.395 e. The minimum Gasteiger partial charge on any atom is -0.395 e. The Morgan fingerprint density at radius 1 is 1.47 bits per heavy atom. The molecule has 1 aromatic rings. The van der Waals surface area contributed by atoms with E-state index in [2.05, 4.69) is 4.72 Å². The molecule has 0 aliphatic heterocycles. The van der Waals surface area contributed by atoms with E-state index in [0.29, 0.717) is 12.0 Å². The van der Waals surface area contributed by atoms with Gasteiger partial charge in [-0.05, 0) is 25.0 Å². The lowest BCUT2D eigenvalue weighted by atomic mass is 10.2. The van der Waals surface area contributed by atoms with E-state index in [1.807, 2.05) is 0 Å². The van der Waals surface area contributed by atoms with Crippen molar-refractivity contribution in [3.05, 3.63) is 28.8 Å². The van der Waals surface area contributed by atoms with Gasteiger partial charge in [-0.15, -0.1) is 0 Å². The number of halogens is 1. The fourth-order valence-corrected chi connectivity index (χ4v) is 3.25. The first kappa shape index (κ1) is 14.4. The van der Waals surface area contributed by atoms with Crippen LogP contribution in [0.4, 0.5) is 0 Å². The van der Waals surface area contributed by atoms with Gasteiger partial charge in [0.05, 0.1) is 11.6 Å². The summed E-state index contributed by atoms with van der Waals surface area (Å²) in [6, 6.07) is 4.33. The average molecular weight is 278 g/mol. The third kappa shape index (κ3) is 3.42. The van der Waals surface area contributed by atoms with E-state index >= 15 is 0 Å². The Bertz CT molecular complexity index is 483. The number of rotatable bonds is 5. The Balaban J connectivity index is 3.09. The van der Waals surface area contributed by atoms with Crippen LogP contribution in [0.1, 0.15) is 18.9 Å². The molecule has 0 saturated carbocycles. The average Bonchev–Trinajstić information content (AvgIpc) is 2.29. The molecule has 0 aliphatic carbocycles. The second-order valence-corrected chi connectivity index (χ2v) is 5.86. The number of nitrogens with one attached hydrogen (secondary N) is 1. The molecule has 0 amide bonds. The lowest BCUT2D eigenvalue weighted by Gasteiger charge is -2.15. The smallest absolute Gasteiger partial charge is 0.242 e. The van der Waals surface area contributed by atoms with E-state index in [4.69, 9.17) is 16.7 Å². The monoisotopic (exact) mass is 277 g/mol. The van der Waals surface area contributed by atoms with Crippen molar-refractivity contribution in [1.82, 2.24) is 4.72 Å². The molecule has 0 aliphatic rings. The van der Waals surface area contributed by atoms with Crippen LogP contribution < -0.4 is 4.72 Å². The molecule has 4 nitrogen and oxygen atoms in total. The fraction of sp³-hybridized carbons (Fsp3) is 0.455. The number of aliphatic hydroxyl groups excluding tert-OH is 1. The van der Waals surface area contributed by atoms with Crippen LogP contribution in [-0.4, -0.2) is 26.2 Å². The number of aliphatic hydroxyl groups is 1. The Kier molecular flexibility index (Phi) is 4.94. The Morgan fingerprint density at radius 2 is 2.12 bits per heavy atom. The highest BCUT2D eigenvalue weighted by Gasteiger charge is 2.21. The third-order valence-electron chi connectivity index (χ3n) is 2.48. The molecule has 17 heavy (non-hydrogen) atoms. The first-order valence-electron chi connectivity index (χ1n) is 5.30. The van der Waals surface area contributed by atoms with Gasteiger partial charge in [-0.1, -0.05) is 30.7 Å². The van der Waals surface area contributed by atoms with Gasteiger partial charge in [-0.3, -0.25) is 0 Å². The summed E-state index contributed by atoms with van der Waals surface area (Å²) >= 11 is 5.97. The van der Waals surface area contributed by atoms with Crippen molar-refractivity contribution in [2.45, 2.75) is 31.2 Å². The van der Waals surface area contributed by atoms with Crippen LogP contribution in [0.2, 0.25) is 5.02 Å². The van der Waals surface area contributed by atoms with E-state index in [-0.39, 0.29) is 16.5 Å². The summed E-state index contributed by atoms with van der Waals surface area (Å²) in [5.74, 6) is 0. The van der Waals surface area contributed by atoms with Gasteiger partial charge < -0.3 is 5.11 Å². The molecule has 0 heterocycles. The van der Waals surface area contributed by atoms with Gasteiger partial charge in [0.15, 0.2) is 0 Å². The number of hydrogen-bond donors (Lipinski definition) is 2. The summed E-state index contributed by atoms with van der Waals surface area (Å²) in [7, 11) is -3.68. The van der Waals surface area contributed by atoms with Crippen LogP contribution in [0.3, 0.4) is 0 Å². The van der Waals surface area contributed by atoms with E-state index in [1.165, 1.54) is 6.07 Å². The first-order chi connectivity index (χ1) is 7.92. The summed E-state index contributed by atoms with van der Waals surface area (Å²) in [5, 5.41) is 9.22. The molecule has 0 aromatic heterocycles. The minimum absolute atomic E-state index is 0.0473. The molecule has 1 unspecified atom stereocenters. The maximum absolute atomic E-state index is 12.0. The molecule has 0 spiro atoms. The maximum Gasteiger partial charge on any atom is 0.242 e. The van der Waals surface area contributed by atoms with Crippen molar-refractivity contribution in [2.24, 2.45) is 0 Å². The van der Waals surface area contributed by atoms with Gasteiger partial charge in [0.25, 0.3) is 0 Å². The van der Waals surface area contributed by atoms with Crippen molar-refractivity contribution in [3.8, 4) is 0 Å². The Labute approximate surface area is 107 Å². The van der Waals surface area contributed by atoms with E-state index in [1.54, 1.807) is 26.0 Å². The van der Waals surface area contributed by atoms with Gasteiger partial charge in [0.2, 0.25) is 10.0 Å². The van der Waals surface area contributed by atoms with Crippen molar-refractivity contribution >= 4 is 21.6 Å². The molecular formula is C11H16ClNO3S. The predicted octanol–water partition coefficient (Wildman–Crippen LogP) is 1.70. The van der Waals surface area contributed by atoms with Crippen LogP contribution in [0.5, 0.6) is 0 Å². The molecule has 96 valence electrons. The second kappa shape index (κ2) is 5.82. The van der Waals surface area contributed by atoms with Crippen LogP contribution in [0.25, 0.3) is 0 Å². The first-order valence-corrected chi connectivity index (χ1v) is 7.16. The fourth-order valence-electron chi connectivity index (χ4n) is 1.36. The van der Waals surface area contributed by atoms with Gasteiger partial charge in [-0.2, -0.15) is 0 Å². The zero-order valence-corrected chi connectivity index (χ0v) is 11.3. The SMILES string of the molecule is CCC(CO)NS(=O)(=O)c1cccc(C)c1Cl. The van der Waals surface area contributed by atoms with Crippen LogP contribution in [0, 0.1) is 6.92 Å². The number of sulfonamides is 1. The zero-order chi connectivity index (χ0) is 13.1. The van der Waals surface area contributed by atoms with Crippen molar-refractivity contribution < 1.29 is 13.5 Å². The number of hydrogen-bond acceptors (Lipinski definition) is 3. The highest BCUT2D eigenvalue weighted by Crippen LogP contribution is 2.24. The van der Waals surface area contributed by atoms with Crippen LogP contribution >= 0.6 is 11.6 Å². The molecule has 6 heteroatoms. The van der Waals surface area contributed by atoms with Gasteiger partial charge in [0.1, 0.15) is 4.90 Å². The summed E-state index contributed by atoms with van der Waals surface area (Å²) in [4.78, 5) is 0.0473. The molecule has 1 rings (SSSR count). The molecule has 1 aromatic carbocycles. The maximum atomic E-state index is 12.0. The lowest BCUT2D eigenvalue weighted by Crippen LogP contribution is -2.37. The molecule has 0 fully saturated rings. The zero-order valence-electron chi connectivity index (χ0n) is 9.77. The summed E-state index contributed by atoms with van der Waals surface area (Å²) < 4.78 is 26.5. The van der Waals surface area contributed by atoms with Crippen LogP contribution in [0.15, 0.2) is 23.1 Å². The summed E-state index contributed by atoms with van der Waals surface area (Å²) in [6.45, 7) is 3.30. The topological polar surface area (TPSA) is 66.4 Å². The highest BCUT2D eigenvalue weighted by atomic mass is 35.5. The number of aryl methyl sites for hydroxylation is 1. The van der Waals surface area contributed by atoms with Gasteiger partial charge in [0, 0.05) is 6.04 Å². The summed E-state index contributed by atoms with van der Waals surface area (Å²) in [6.07, 6.45) is 0.513. The molecule has 1 atom stereocenters. The summed E-state index contributed by atoms with van der Waals surface area (Å²) in [5.41, 5.74) is 0.701. The van der Waals surface area contributed by atoms with Crippen LogP contribution in [-0.2, 0) is 10.0 Å². The highest BCUT2D eigenvalue weighted by molar-refractivity contribution is 7.89. The normalized spacial score (nSPS) is 13.6. The van der Waals surface area contributed by atoms with Crippen molar-refractivity contribution in [2.75, 3.05) is 6.61 Å². The van der Waals surface area contributed by atoms with E-state index in [9.17, 15) is 8.42 Å².